The molecule has 1 saturated carbocycles. The number of aromatic nitrogens is 1. The minimum Gasteiger partial charge on any atom is -0.481 e. The van der Waals surface area contributed by atoms with Crippen LogP contribution in [0.1, 0.15) is 29.6 Å². The van der Waals surface area contributed by atoms with Crippen LogP contribution in [0.25, 0.3) is 11.5 Å². The number of rotatable bonds is 4. The number of carboxylic acids is 1. The summed E-state index contributed by atoms with van der Waals surface area (Å²) in [6, 6.07) is 5.94. The van der Waals surface area contributed by atoms with E-state index in [9.17, 15) is 14.4 Å². The van der Waals surface area contributed by atoms with Crippen molar-refractivity contribution in [2.45, 2.75) is 25.3 Å². The molecule has 1 fully saturated rings. The Labute approximate surface area is 131 Å². The summed E-state index contributed by atoms with van der Waals surface area (Å²) < 4.78 is 5.19. The molecule has 1 aliphatic rings. The number of hydrogen-bond donors (Lipinski definition) is 3. The first kappa shape index (κ1) is 15.1. The van der Waals surface area contributed by atoms with Crippen molar-refractivity contribution in [3.05, 3.63) is 46.4 Å². The van der Waals surface area contributed by atoms with Gasteiger partial charge >= 0.3 is 5.97 Å². The third-order valence-electron chi connectivity index (χ3n) is 4.09. The number of carboxylic acid groups (broad SMARTS) is 1. The highest BCUT2D eigenvalue weighted by molar-refractivity contribution is 5.94. The fourth-order valence-corrected chi connectivity index (χ4v) is 2.90. The summed E-state index contributed by atoms with van der Waals surface area (Å²) in [5, 5.41) is 11.8. The number of aromatic amines is 1. The first-order valence-corrected chi connectivity index (χ1v) is 7.37. The molecule has 7 nitrogen and oxygen atoms in total. The van der Waals surface area contributed by atoms with Gasteiger partial charge in [0.15, 0.2) is 0 Å². The van der Waals surface area contributed by atoms with Gasteiger partial charge in [-0.1, -0.05) is 6.42 Å². The van der Waals surface area contributed by atoms with Gasteiger partial charge in [0.2, 0.25) is 0 Å². The van der Waals surface area contributed by atoms with Gasteiger partial charge in [0, 0.05) is 6.04 Å². The van der Waals surface area contributed by atoms with Gasteiger partial charge in [-0.3, -0.25) is 14.4 Å². The predicted octanol–water partition coefficient (Wildman–Crippen LogP) is 1.62. The highest BCUT2D eigenvalue weighted by Crippen LogP contribution is 2.26. The summed E-state index contributed by atoms with van der Waals surface area (Å²) in [7, 11) is 0. The Bertz CT molecular complexity index is 778. The van der Waals surface area contributed by atoms with E-state index >= 15 is 0 Å². The fourth-order valence-electron chi connectivity index (χ4n) is 2.90. The summed E-state index contributed by atoms with van der Waals surface area (Å²) in [6.45, 7) is 0. The minimum absolute atomic E-state index is 0.0451. The maximum atomic E-state index is 12.2. The van der Waals surface area contributed by atoms with Crippen LogP contribution in [0, 0.1) is 5.92 Å². The van der Waals surface area contributed by atoms with Gasteiger partial charge in [-0.15, -0.1) is 0 Å². The SMILES string of the molecule is O=C(N[C@H]1CCC[C@H]1C(=O)O)c1ccc(-c2ccco2)[nH]c1=O. The molecule has 0 unspecified atom stereocenters. The molecule has 3 N–H and O–H groups in total. The third kappa shape index (κ3) is 3.03. The molecule has 0 aliphatic heterocycles. The Hall–Kier alpha value is -2.83. The van der Waals surface area contributed by atoms with Gasteiger partial charge in [0.1, 0.15) is 11.3 Å². The topological polar surface area (TPSA) is 112 Å². The quantitative estimate of drug-likeness (QED) is 0.793. The van der Waals surface area contributed by atoms with Crippen molar-refractivity contribution in [3.63, 3.8) is 0 Å². The largest absolute Gasteiger partial charge is 0.481 e. The molecule has 0 bridgehead atoms. The molecule has 23 heavy (non-hydrogen) atoms. The summed E-state index contributed by atoms with van der Waals surface area (Å²) in [4.78, 5) is 38.1. The van der Waals surface area contributed by atoms with Crippen molar-refractivity contribution in [3.8, 4) is 11.5 Å². The average Bonchev–Trinajstić information content (AvgIpc) is 3.18. The van der Waals surface area contributed by atoms with Gasteiger partial charge in [-0.05, 0) is 37.1 Å². The normalized spacial score (nSPS) is 20.3. The van der Waals surface area contributed by atoms with Crippen molar-refractivity contribution < 1.29 is 19.1 Å². The van der Waals surface area contributed by atoms with Crippen LogP contribution in [0.4, 0.5) is 0 Å². The number of amides is 1. The molecule has 2 aromatic rings. The molecular formula is C16H16N2O5. The second-order valence-electron chi connectivity index (χ2n) is 5.55. The Balaban J connectivity index is 1.78. The van der Waals surface area contributed by atoms with Crippen LogP contribution in [0.2, 0.25) is 0 Å². The molecule has 7 heteroatoms. The van der Waals surface area contributed by atoms with Gasteiger partial charge in [0.25, 0.3) is 11.5 Å². The van der Waals surface area contributed by atoms with Crippen LogP contribution in [0.3, 0.4) is 0 Å². The van der Waals surface area contributed by atoms with Crippen molar-refractivity contribution >= 4 is 11.9 Å². The average molecular weight is 316 g/mol. The van der Waals surface area contributed by atoms with E-state index in [0.29, 0.717) is 24.3 Å². The van der Waals surface area contributed by atoms with Crippen LogP contribution in [0.5, 0.6) is 0 Å². The number of aliphatic carboxylic acids is 1. The van der Waals surface area contributed by atoms with E-state index < -0.39 is 29.4 Å². The maximum Gasteiger partial charge on any atom is 0.308 e. The highest BCUT2D eigenvalue weighted by atomic mass is 16.4. The predicted molar refractivity (Wildman–Crippen MR) is 81.0 cm³/mol. The van der Waals surface area contributed by atoms with E-state index in [1.807, 2.05) is 0 Å². The maximum absolute atomic E-state index is 12.2. The Morgan fingerprint density at radius 1 is 1.26 bits per heavy atom. The zero-order chi connectivity index (χ0) is 16.4. The molecule has 2 atom stereocenters. The van der Waals surface area contributed by atoms with E-state index in [4.69, 9.17) is 9.52 Å². The second-order valence-corrected chi connectivity index (χ2v) is 5.55. The van der Waals surface area contributed by atoms with Crippen LogP contribution in [0.15, 0.2) is 39.7 Å². The van der Waals surface area contributed by atoms with Gasteiger partial charge in [-0.2, -0.15) is 0 Å². The Morgan fingerprint density at radius 2 is 2.09 bits per heavy atom. The Morgan fingerprint density at radius 3 is 2.74 bits per heavy atom. The zero-order valence-corrected chi connectivity index (χ0v) is 12.2. The second kappa shape index (κ2) is 6.12. The first-order chi connectivity index (χ1) is 11.1. The summed E-state index contributed by atoms with van der Waals surface area (Å²) in [5.74, 6) is -1.58. The lowest BCUT2D eigenvalue weighted by atomic mass is 10.0. The number of carbonyl (C=O) groups is 2. The van der Waals surface area contributed by atoms with Gasteiger partial charge < -0.3 is 19.8 Å². The van der Waals surface area contributed by atoms with Crippen molar-refractivity contribution in [2.24, 2.45) is 5.92 Å². The number of hydrogen-bond acceptors (Lipinski definition) is 4. The number of carbonyl (C=O) groups excluding carboxylic acids is 1. The fraction of sp³-hybridized carbons (Fsp3) is 0.312. The van der Waals surface area contributed by atoms with Crippen molar-refractivity contribution in [1.29, 1.82) is 0 Å². The summed E-state index contributed by atoms with van der Waals surface area (Å²) in [6.07, 6.45) is 3.37. The van der Waals surface area contributed by atoms with Crippen molar-refractivity contribution in [1.82, 2.24) is 10.3 Å². The number of H-pyrrole nitrogens is 1. The van der Waals surface area contributed by atoms with Gasteiger partial charge in [0.05, 0.1) is 17.9 Å². The molecule has 120 valence electrons. The van der Waals surface area contributed by atoms with E-state index in [0.717, 1.165) is 6.42 Å². The highest BCUT2D eigenvalue weighted by Gasteiger charge is 2.34. The molecule has 2 aromatic heterocycles. The molecular weight excluding hydrogens is 300 g/mol. The van der Waals surface area contributed by atoms with E-state index in [2.05, 4.69) is 10.3 Å². The molecule has 2 heterocycles. The van der Waals surface area contributed by atoms with Gasteiger partial charge in [-0.25, -0.2) is 0 Å². The first-order valence-electron chi connectivity index (χ1n) is 7.37. The zero-order valence-electron chi connectivity index (χ0n) is 12.2. The van der Waals surface area contributed by atoms with Crippen molar-refractivity contribution in [2.75, 3.05) is 0 Å². The molecule has 1 aliphatic carbocycles. The molecule has 0 aromatic carbocycles. The molecule has 3 rings (SSSR count). The Kier molecular flexibility index (Phi) is 4.01. The number of nitrogens with one attached hydrogen (secondary N) is 2. The minimum atomic E-state index is -0.921. The monoisotopic (exact) mass is 316 g/mol. The van der Waals surface area contributed by atoms with Crippen LogP contribution >= 0.6 is 0 Å². The lowest BCUT2D eigenvalue weighted by Crippen LogP contribution is -2.41. The standard InChI is InChI=1S/C16H16N2O5/c19-14(17-11-4-1-3-9(11)16(21)22)10-6-7-12(18-15(10)20)13-5-2-8-23-13/h2,5-9,11H,1,3-4H2,(H,17,19)(H,18,20)(H,21,22)/t9-,11+/m1/s1. The van der Waals surface area contributed by atoms with E-state index in [-0.39, 0.29) is 5.56 Å². The van der Waals surface area contributed by atoms with Crippen LogP contribution < -0.4 is 10.9 Å². The van der Waals surface area contributed by atoms with Crippen LogP contribution in [-0.2, 0) is 4.79 Å². The molecule has 0 spiro atoms. The van der Waals surface area contributed by atoms with E-state index in [1.54, 1.807) is 18.2 Å². The summed E-state index contributed by atoms with van der Waals surface area (Å²) >= 11 is 0. The van der Waals surface area contributed by atoms with E-state index in [1.165, 1.54) is 12.3 Å². The molecule has 1 amide bonds. The smallest absolute Gasteiger partial charge is 0.308 e. The molecule has 0 radical (unpaired) electrons. The number of pyridine rings is 1. The summed E-state index contributed by atoms with van der Waals surface area (Å²) in [5.41, 5.74) is -0.113. The molecule has 0 saturated heterocycles. The number of furan rings is 1. The lowest BCUT2D eigenvalue weighted by Gasteiger charge is -2.17. The lowest BCUT2D eigenvalue weighted by molar-refractivity contribution is -0.142. The van der Waals surface area contributed by atoms with Crippen LogP contribution in [-0.4, -0.2) is 28.0 Å². The third-order valence-corrected chi connectivity index (χ3v) is 4.09.